The summed E-state index contributed by atoms with van der Waals surface area (Å²) in [6.45, 7) is 3.06. The number of dihydropyridines is 1. The number of benzene rings is 1. The largest absolute Gasteiger partial charge is 0.372 e. The molecule has 1 aliphatic heterocycles. The predicted octanol–water partition coefficient (Wildman–Crippen LogP) is 2.05. The Balaban J connectivity index is 2.01. The Bertz CT molecular complexity index is 423. The van der Waals surface area contributed by atoms with E-state index in [0.29, 0.717) is 0 Å². The fourth-order valence-electron chi connectivity index (χ4n) is 2.12. The van der Waals surface area contributed by atoms with Gasteiger partial charge in [0, 0.05) is 19.6 Å². The minimum Gasteiger partial charge on any atom is -0.372 e. The van der Waals surface area contributed by atoms with Crippen LogP contribution >= 0.6 is 0 Å². The fourth-order valence-corrected chi connectivity index (χ4v) is 2.12. The van der Waals surface area contributed by atoms with Gasteiger partial charge in [0.15, 0.2) is 0 Å². The highest BCUT2D eigenvalue weighted by Gasteiger charge is 2.15. The van der Waals surface area contributed by atoms with Gasteiger partial charge in [-0.3, -0.25) is 4.90 Å². The van der Waals surface area contributed by atoms with Crippen LogP contribution in [0.3, 0.4) is 0 Å². The molecule has 3 heteroatoms. The van der Waals surface area contributed by atoms with Gasteiger partial charge in [-0.05, 0) is 38.0 Å². The van der Waals surface area contributed by atoms with Crippen LogP contribution in [0.15, 0.2) is 54.8 Å². The van der Waals surface area contributed by atoms with Gasteiger partial charge in [0.1, 0.15) is 0 Å². The molecule has 0 aromatic heterocycles. The van der Waals surface area contributed by atoms with Crippen LogP contribution in [0.1, 0.15) is 5.56 Å². The third-order valence-corrected chi connectivity index (χ3v) is 3.22. The van der Waals surface area contributed by atoms with Crippen molar-refractivity contribution in [3.05, 3.63) is 60.3 Å². The topological polar surface area (TPSA) is 18.5 Å². The number of likely N-dealkylation sites (N-methyl/N-ethyl adjacent to an activating group) is 1. The van der Waals surface area contributed by atoms with Crippen molar-refractivity contribution in [2.45, 2.75) is 12.7 Å². The van der Waals surface area contributed by atoms with Gasteiger partial charge in [0.2, 0.25) is 0 Å². The average Bonchev–Trinajstić information content (AvgIpc) is 2.45. The summed E-state index contributed by atoms with van der Waals surface area (Å²) in [7, 11) is 4.23. The maximum atomic E-state index is 3.40. The van der Waals surface area contributed by atoms with Gasteiger partial charge in [-0.2, -0.15) is 0 Å². The van der Waals surface area contributed by atoms with E-state index in [-0.39, 0.29) is 6.17 Å². The van der Waals surface area contributed by atoms with Crippen molar-refractivity contribution in [1.29, 1.82) is 0 Å². The van der Waals surface area contributed by atoms with E-state index in [1.165, 1.54) is 5.56 Å². The van der Waals surface area contributed by atoms with Crippen molar-refractivity contribution < 1.29 is 0 Å². The lowest BCUT2D eigenvalue weighted by atomic mass is 10.2. The Labute approximate surface area is 116 Å². The third-order valence-electron chi connectivity index (χ3n) is 3.22. The first kappa shape index (κ1) is 13.8. The Kier molecular flexibility index (Phi) is 5.19. The van der Waals surface area contributed by atoms with E-state index in [2.05, 4.69) is 71.7 Å². The first-order valence-electron chi connectivity index (χ1n) is 6.78. The summed E-state index contributed by atoms with van der Waals surface area (Å²) in [5.41, 5.74) is 1.35. The lowest BCUT2D eigenvalue weighted by Gasteiger charge is -2.32. The summed E-state index contributed by atoms with van der Waals surface area (Å²) in [5.74, 6) is 0. The van der Waals surface area contributed by atoms with Crippen molar-refractivity contribution in [1.82, 2.24) is 15.1 Å². The summed E-state index contributed by atoms with van der Waals surface area (Å²) >= 11 is 0. The molecule has 1 heterocycles. The molecular weight excluding hydrogens is 234 g/mol. The summed E-state index contributed by atoms with van der Waals surface area (Å²) in [6, 6.07) is 10.6. The van der Waals surface area contributed by atoms with Crippen molar-refractivity contribution in [2.75, 3.05) is 27.2 Å². The lowest BCUT2D eigenvalue weighted by Crippen LogP contribution is -2.45. The maximum Gasteiger partial charge on any atom is 0.0988 e. The number of rotatable bonds is 6. The monoisotopic (exact) mass is 257 g/mol. The van der Waals surface area contributed by atoms with Crippen LogP contribution in [0.4, 0.5) is 0 Å². The quantitative estimate of drug-likeness (QED) is 0.841. The van der Waals surface area contributed by atoms with Crippen molar-refractivity contribution >= 4 is 0 Å². The number of nitrogens with one attached hydrogen (secondary N) is 1. The Morgan fingerprint density at radius 1 is 1.05 bits per heavy atom. The molecule has 0 saturated heterocycles. The third kappa shape index (κ3) is 4.54. The second-order valence-corrected chi connectivity index (χ2v) is 5.11. The smallest absolute Gasteiger partial charge is 0.0988 e. The Hall–Kier alpha value is -1.58. The number of nitrogens with zero attached hydrogens (tertiary/aromatic N) is 2. The Morgan fingerprint density at radius 2 is 1.84 bits per heavy atom. The molecule has 1 aromatic carbocycles. The minimum absolute atomic E-state index is 0.283. The molecule has 2 rings (SSSR count). The first-order chi connectivity index (χ1) is 9.25. The molecule has 0 bridgehead atoms. The van der Waals surface area contributed by atoms with Crippen LogP contribution in [0.25, 0.3) is 0 Å². The molecule has 1 atom stereocenters. The van der Waals surface area contributed by atoms with Crippen LogP contribution in [0.2, 0.25) is 0 Å². The second-order valence-electron chi connectivity index (χ2n) is 5.11. The van der Waals surface area contributed by atoms with E-state index in [1.807, 2.05) is 12.3 Å². The van der Waals surface area contributed by atoms with Crippen molar-refractivity contribution in [3.8, 4) is 0 Å². The normalized spacial score (nSPS) is 18.0. The van der Waals surface area contributed by atoms with Gasteiger partial charge >= 0.3 is 0 Å². The highest BCUT2D eigenvalue weighted by atomic mass is 15.3. The van der Waals surface area contributed by atoms with E-state index in [4.69, 9.17) is 0 Å². The standard InChI is InChI=1S/C16H23N3/c1-18(2)12-13-19(16-10-6-7-11-17-16)14-15-8-4-3-5-9-15/h3-11,16-17H,12-14H2,1-2H3. The molecule has 1 aliphatic rings. The van der Waals surface area contributed by atoms with Crippen LogP contribution in [0, 0.1) is 0 Å². The molecule has 0 aliphatic carbocycles. The van der Waals surface area contributed by atoms with Crippen molar-refractivity contribution in [2.24, 2.45) is 0 Å². The van der Waals surface area contributed by atoms with Gasteiger partial charge in [-0.1, -0.05) is 36.4 Å². The van der Waals surface area contributed by atoms with E-state index in [0.717, 1.165) is 19.6 Å². The van der Waals surface area contributed by atoms with Crippen molar-refractivity contribution in [3.63, 3.8) is 0 Å². The van der Waals surface area contributed by atoms with E-state index < -0.39 is 0 Å². The van der Waals surface area contributed by atoms with Gasteiger partial charge in [-0.15, -0.1) is 0 Å². The molecule has 102 valence electrons. The summed E-state index contributed by atoms with van der Waals surface area (Å²) in [5, 5.41) is 3.40. The molecule has 0 fully saturated rings. The lowest BCUT2D eigenvalue weighted by molar-refractivity contribution is 0.183. The number of hydrogen-bond donors (Lipinski definition) is 1. The zero-order valence-corrected chi connectivity index (χ0v) is 11.8. The maximum absolute atomic E-state index is 3.40. The molecule has 3 nitrogen and oxygen atoms in total. The molecule has 0 amide bonds. The zero-order chi connectivity index (χ0) is 13.5. The second kappa shape index (κ2) is 7.12. The number of allylic oxidation sites excluding steroid dienone is 2. The predicted molar refractivity (Wildman–Crippen MR) is 80.6 cm³/mol. The summed E-state index contributed by atoms with van der Waals surface area (Å²) in [4.78, 5) is 4.68. The zero-order valence-electron chi connectivity index (χ0n) is 11.8. The van der Waals surface area contributed by atoms with E-state index in [1.54, 1.807) is 0 Å². The van der Waals surface area contributed by atoms with Gasteiger partial charge in [0.25, 0.3) is 0 Å². The highest BCUT2D eigenvalue weighted by molar-refractivity contribution is 5.16. The average molecular weight is 257 g/mol. The van der Waals surface area contributed by atoms with Crippen LogP contribution < -0.4 is 5.32 Å². The molecular formula is C16H23N3. The molecule has 1 aromatic rings. The molecule has 0 spiro atoms. The van der Waals surface area contributed by atoms with Gasteiger partial charge in [-0.25, -0.2) is 0 Å². The molecule has 1 unspecified atom stereocenters. The molecule has 1 N–H and O–H groups in total. The SMILES string of the molecule is CN(C)CCN(Cc1ccccc1)C1C=CC=CN1. The summed E-state index contributed by atoms with van der Waals surface area (Å²) in [6.07, 6.45) is 8.64. The van der Waals surface area contributed by atoms with Crippen LogP contribution in [-0.2, 0) is 6.54 Å². The number of hydrogen-bond acceptors (Lipinski definition) is 3. The van der Waals surface area contributed by atoms with Crippen LogP contribution in [0.5, 0.6) is 0 Å². The fraction of sp³-hybridized carbons (Fsp3) is 0.375. The molecule has 0 saturated carbocycles. The first-order valence-corrected chi connectivity index (χ1v) is 6.78. The molecule has 19 heavy (non-hydrogen) atoms. The van der Waals surface area contributed by atoms with E-state index >= 15 is 0 Å². The van der Waals surface area contributed by atoms with Gasteiger partial charge < -0.3 is 10.2 Å². The Morgan fingerprint density at radius 3 is 2.47 bits per heavy atom. The highest BCUT2D eigenvalue weighted by Crippen LogP contribution is 2.09. The minimum atomic E-state index is 0.283. The van der Waals surface area contributed by atoms with Gasteiger partial charge in [0.05, 0.1) is 6.17 Å². The molecule has 0 radical (unpaired) electrons. The van der Waals surface area contributed by atoms with E-state index in [9.17, 15) is 0 Å². The summed E-state index contributed by atoms with van der Waals surface area (Å²) < 4.78 is 0. The van der Waals surface area contributed by atoms with Crippen LogP contribution in [-0.4, -0.2) is 43.2 Å².